The molecule has 112 valence electrons. The zero-order valence-electron chi connectivity index (χ0n) is 12.8. The SMILES string of the molecule is CNc1ncc2c(n1)-c1ccccc1C(c1ccccc1)=NC2. The predicted octanol–water partition coefficient (Wildman–Crippen LogP) is 3.54. The number of aromatic nitrogens is 2. The van der Waals surface area contributed by atoms with Crippen LogP contribution in [0.3, 0.4) is 0 Å². The molecule has 4 nitrogen and oxygen atoms in total. The van der Waals surface area contributed by atoms with Gasteiger partial charge >= 0.3 is 0 Å². The maximum absolute atomic E-state index is 4.85. The Bertz CT molecular complexity index is 885. The molecule has 0 unspecified atom stereocenters. The first-order valence-corrected chi connectivity index (χ1v) is 7.60. The van der Waals surface area contributed by atoms with Gasteiger partial charge in [0, 0.05) is 35.5 Å². The van der Waals surface area contributed by atoms with Crippen molar-refractivity contribution in [2.75, 3.05) is 12.4 Å². The van der Waals surface area contributed by atoms with E-state index >= 15 is 0 Å². The summed E-state index contributed by atoms with van der Waals surface area (Å²) >= 11 is 0. The summed E-state index contributed by atoms with van der Waals surface area (Å²) < 4.78 is 0. The highest BCUT2D eigenvalue weighted by atomic mass is 15.1. The van der Waals surface area contributed by atoms with E-state index in [9.17, 15) is 0 Å². The molecule has 0 amide bonds. The van der Waals surface area contributed by atoms with Crippen molar-refractivity contribution in [3.8, 4) is 11.3 Å². The first kappa shape index (κ1) is 13.6. The minimum Gasteiger partial charge on any atom is -0.357 e. The largest absolute Gasteiger partial charge is 0.357 e. The number of fused-ring (bicyclic) bond motifs is 3. The lowest BCUT2D eigenvalue weighted by molar-refractivity contribution is 1.02. The fraction of sp³-hybridized carbons (Fsp3) is 0.105. The zero-order valence-corrected chi connectivity index (χ0v) is 12.8. The number of anilines is 1. The van der Waals surface area contributed by atoms with Crippen LogP contribution in [0.15, 0.2) is 65.8 Å². The fourth-order valence-electron chi connectivity index (χ4n) is 2.86. The van der Waals surface area contributed by atoms with E-state index in [-0.39, 0.29) is 0 Å². The summed E-state index contributed by atoms with van der Waals surface area (Å²) in [7, 11) is 1.83. The third-order valence-corrected chi connectivity index (χ3v) is 3.98. The topological polar surface area (TPSA) is 50.2 Å². The van der Waals surface area contributed by atoms with Crippen LogP contribution in [0, 0.1) is 0 Å². The van der Waals surface area contributed by atoms with Crippen LogP contribution in [0.5, 0.6) is 0 Å². The molecule has 0 aliphatic carbocycles. The van der Waals surface area contributed by atoms with Crippen molar-refractivity contribution < 1.29 is 0 Å². The van der Waals surface area contributed by atoms with Gasteiger partial charge in [0.1, 0.15) is 0 Å². The Labute approximate surface area is 135 Å². The van der Waals surface area contributed by atoms with Crippen LogP contribution in [0.1, 0.15) is 16.7 Å². The van der Waals surface area contributed by atoms with Crippen LogP contribution in [0.4, 0.5) is 5.95 Å². The van der Waals surface area contributed by atoms with Gasteiger partial charge in [-0.1, -0.05) is 54.6 Å². The van der Waals surface area contributed by atoms with Gasteiger partial charge in [0.15, 0.2) is 0 Å². The number of hydrogen-bond donors (Lipinski definition) is 1. The van der Waals surface area contributed by atoms with Crippen LogP contribution in [0.2, 0.25) is 0 Å². The number of rotatable bonds is 2. The highest BCUT2D eigenvalue weighted by Crippen LogP contribution is 2.31. The molecule has 2 heterocycles. The van der Waals surface area contributed by atoms with E-state index in [1.165, 1.54) is 0 Å². The Morgan fingerprint density at radius 2 is 1.65 bits per heavy atom. The van der Waals surface area contributed by atoms with Gasteiger partial charge in [-0.2, -0.15) is 0 Å². The van der Waals surface area contributed by atoms with Crippen LogP contribution in [-0.2, 0) is 6.54 Å². The second kappa shape index (κ2) is 5.65. The molecule has 1 aromatic heterocycles. The summed E-state index contributed by atoms with van der Waals surface area (Å²) in [6.07, 6.45) is 1.86. The van der Waals surface area contributed by atoms with E-state index in [1.807, 2.05) is 43.6 Å². The van der Waals surface area contributed by atoms with Crippen molar-refractivity contribution >= 4 is 11.7 Å². The molecule has 23 heavy (non-hydrogen) atoms. The van der Waals surface area contributed by atoms with E-state index in [0.29, 0.717) is 12.5 Å². The van der Waals surface area contributed by atoms with E-state index in [2.05, 4.69) is 39.6 Å². The van der Waals surface area contributed by atoms with Crippen LogP contribution >= 0.6 is 0 Å². The zero-order chi connectivity index (χ0) is 15.6. The van der Waals surface area contributed by atoms with Crippen molar-refractivity contribution in [3.63, 3.8) is 0 Å². The molecular formula is C19H16N4. The summed E-state index contributed by atoms with van der Waals surface area (Å²) in [6, 6.07) is 18.6. The molecule has 1 aliphatic rings. The van der Waals surface area contributed by atoms with E-state index in [4.69, 9.17) is 4.99 Å². The van der Waals surface area contributed by atoms with Gasteiger partial charge in [-0.15, -0.1) is 0 Å². The molecule has 0 fully saturated rings. The molecule has 0 saturated carbocycles. The predicted molar refractivity (Wildman–Crippen MR) is 92.8 cm³/mol. The van der Waals surface area contributed by atoms with E-state index in [1.54, 1.807) is 0 Å². The van der Waals surface area contributed by atoms with Gasteiger partial charge in [0.05, 0.1) is 18.0 Å². The summed E-state index contributed by atoms with van der Waals surface area (Å²) in [5, 5.41) is 3.01. The number of hydrogen-bond acceptors (Lipinski definition) is 4. The Morgan fingerprint density at radius 3 is 2.43 bits per heavy atom. The van der Waals surface area contributed by atoms with Gasteiger partial charge < -0.3 is 5.32 Å². The fourth-order valence-corrected chi connectivity index (χ4v) is 2.86. The number of nitrogens with zero attached hydrogens (tertiary/aromatic N) is 3. The van der Waals surface area contributed by atoms with E-state index in [0.717, 1.165) is 33.7 Å². The van der Waals surface area contributed by atoms with E-state index < -0.39 is 0 Å². The van der Waals surface area contributed by atoms with Gasteiger partial charge in [-0.25, -0.2) is 9.97 Å². The lowest BCUT2D eigenvalue weighted by atomic mass is 9.95. The van der Waals surface area contributed by atoms with Crippen molar-refractivity contribution in [3.05, 3.63) is 77.5 Å². The first-order valence-electron chi connectivity index (χ1n) is 7.60. The van der Waals surface area contributed by atoms with Gasteiger partial charge in [0.25, 0.3) is 0 Å². The Balaban J connectivity index is 1.96. The van der Waals surface area contributed by atoms with Crippen molar-refractivity contribution in [1.29, 1.82) is 0 Å². The standard InChI is InChI=1S/C19H16N4/c1-20-19-22-12-14-11-21-17(13-7-3-2-4-8-13)15-9-5-6-10-16(15)18(14)23-19/h2-10,12H,11H2,1H3,(H,20,22,23). The lowest BCUT2D eigenvalue weighted by Crippen LogP contribution is -2.04. The van der Waals surface area contributed by atoms with Crippen LogP contribution < -0.4 is 5.32 Å². The molecule has 0 spiro atoms. The van der Waals surface area contributed by atoms with Crippen LogP contribution in [0.25, 0.3) is 11.3 Å². The monoisotopic (exact) mass is 300 g/mol. The first-order chi connectivity index (χ1) is 11.4. The quantitative estimate of drug-likeness (QED) is 0.787. The number of benzene rings is 2. The average molecular weight is 300 g/mol. The Morgan fingerprint density at radius 1 is 0.913 bits per heavy atom. The molecule has 3 aromatic rings. The average Bonchev–Trinajstić information content (AvgIpc) is 2.79. The van der Waals surface area contributed by atoms with Crippen molar-refractivity contribution in [2.24, 2.45) is 4.99 Å². The Kier molecular flexibility index (Phi) is 3.35. The molecule has 1 N–H and O–H groups in total. The molecular weight excluding hydrogens is 284 g/mol. The second-order valence-corrected chi connectivity index (χ2v) is 5.39. The smallest absolute Gasteiger partial charge is 0.222 e. The molecule has 4 heteroatoms. The normalized spacial score (nSPS) is 12.7. The number of aliphatic imine (C=N–C) groups is 1. The molecule has 2 aromatic carbocycles. The Hall–Kier alpha value is -3.01. The molecule has 0 radical (unpaired) electrons. The number of nitrogens with one attached hydrogen (secondary N) is 1. The van der Waals surface area contributed by atoms with Gasteiger partial charge in [0.2, 0.25) is 5.95 Å². The second-order valence-electron chi connectivity index (χ2n) is 5.39. The van der Waals surface area contributed by atoms with Gasteiger partial charge in [-0.05, 0) is 0 Å². The summed E-state index contributed by atoms with van der Waals surface area (Å²) in [5.74, 6) is 0.627. The van der Waals surface area contributed by atoms with Crippen molar-refractivity contribution in [1.82, 2.24) is 9.97 Å². The van der Waals surface area contributed by atoms with Crippen LogP contribution in [-0.4, -0.2) is 22.7 Å². The highest BCUT2D eigenvalue weighted by Gasteiger charge is 2.20. The molecule has 4 rings (SSSR count). The lowest BCUT2D eigenvalue weighted by Gasteiger charge is -2.11. The highest BCUT2D eigenvalue weighted by molar-refractivity contribution is 6.16. The maximum Gasteiger partial charge on any atom is 0.222 e. The third kappa shape index (κ3) is 2.38. The summed E-state index contributed by atoms with van der Waals surface area (Å²) in [6.45, 7) is 0.582. The molecule has 0 atom stereocenters. The van der Waals surface area contributed by atoms with Crippen molar-refractivity contribution in [2.45, 2.75) is 6.54 Å². The third-order valence-electron chi connectivity index (χ3n) is 3.98. The summed E-state index contributed by atoms with van der Waals surface area (Å²) in [4.78, 5) is 13.8. The minimum atomic E-state index is 0.582. The molecule has 1 aliphatic heterocycles. The van der Waals surface area contributed by atoms with Gasteiger partial charge in [-0.3, -0.25) is 4.99 Å². The maximum atomic E-state index is 4.85. The molecule has 0 saturated heterocycles. The summed E-state index contributed by atoms with van der Waals surface area (Å²) in [5.41, 5.74) is 6.33. The molecule has 0 bridgehead atoms. The minimum absolute atomic E-state index is 0.582.